The molecule has 0 fully saturated rings. The van der Waals surface area contributed by atoms with Crippen molar-refractivity contribution >= 4 is 39.0 Å². The monoisotopic (exact) mass is 255 g/mol. The number of halogens is 2. The largest absolute Gasteiger partial charge is 0.267 e. The van der Waals surface area contributed by atoms with E-state index in [-0.39, 0.29) is 22.7 Å². The Morgan fingerprint density at radius 2 is 2.21 bits per heavy atom. The Bertz CT molecular complexity index is 409. The van der Waals surface area contributed by atoms with Crippen molar-refractivity contribution in [3.05, 3.63) is 17.5 Å². The Kier molecular flexibility index (Phi) is 3.91. The summed E-state index contributed by atoms with van der Waals surface area (Å²) in [5, 5.41) is -0.0175. The van der Waals surface area contributed by atoms with Gasteiger partial charge in [-0.15, -0.1) is 11.6 Å². The summed E-state index contributed by atoms with van der Waals surface area (Å²) < 4.78 is 24.6. The van der Waals surface area contributed by atoms with Crippen molar-refractivity contribution in [2.45, 2.75) is 0 Å². The minimum atomic E-state index is -3.43. The fourth-order valence-electron chi connectivity index (χ4n) is 0.704. The van der Waals surface area contributed by atoms with Crippen LogP contribution in [0.5, 0.6) is 0 Å². The third-order valence-corrected chi connectivity index (χ3v) is 3.09. The molecule has 0 radical (unpaired) electrons. The number of hydrogen-bond acceptors (Lipinski definition) is 4. The molecule has 1 rings (SSSR count). The van der Waals surface area contributed by atoms with Crippen molar-refractivity contribution in [2.75, 3.05) is 16.4 Å². The molecule has 0 aromatic carbocycles. The summed E-state index contributed by atoms with van der Waals surface area (Å²) in [6.45, 7) is 0. The van der Waals surface area contributed by atoms with Gasteiger partial charge < -0.3 is 0 Å². The molecule has 0 unspecified atom stereocenters. The highest BCUT2D eigenvalue weighted by atomic mass is 35.5. The summed E-state index contributed by atoms with van der Waals surface area (Å²) in [5.41, 5.74) is 0. The molecular weight excluding hydrogens is 249 g/mol. The van der Waals surface area contributed by atoms with Gasteiger partial charge in [0.25, 0.3) is 0 Å². The lowest BCUT2D eigenvalue weighted by molar-refractivity contribution is 0.602. The van der Waals surface area contributed by atoms with Crippen LogP contribution in [-0.4, -0.2) is 30.0 Å². The van der Waals surface area contributed by atoms with E-state index in [0.717, 1.165) is 0 Å². The molecule has 1 aromatic heterocycles. The molecule has 0 amide bonds. The van der Waals surface area contributed by atoms with Crippen molar-refractivity contribution in [1.29, 1.82) is 0 Å². The first-order valence-electron chi connectivity index (χ1n) is 3.58. The molecule has 0 aliphatic rings. The van der Waals surface area contributed by atoms with E-state index in [0.29, 0.717) is 0 Å². The van der Waals surface area contributed by atoms with E-state index in [2.05, 4.69) is 14.7 Å². The lowest BCUT2D eigenvalue weighted by Gasteiger charge is -2.04. The van der Waals surface area contributed by atoms with E-state index in [1.54, 1.807) is 0 Å². The Hall–Kier alpha value is -0.590. The van der Waals surface area contributed by atoms with Crippen LogP contribution in [0.25, 0.3) is 0 Å². The second-order valence-corrected chi connectivity index (χ2v) is 4.88. The van der Waals surface area contributed by atoms with Crippen LogP contribution >= 0.6 is 23.2 Å². The average Bonchev–Trinajstić information content (AvgIpc) is 2.02. The van der Waals surface area contributed by atoms with E-state index in [4.69, 9.17) is 23.2 Å². The highest BCUT2D eigenvalue weighted by Crippen LogP contribution is 2.07. The minimum absolute atomic E-state index is 0.0175. The fourth-order valence-corrected chi connectivity index (χ4v) is 2.20. The molecule has 0 saturated carbocycles. The maximum absolute atomic E-state index is 11.2. The molecule has 0 spiro atoms. The zero-order valence-electron chi connectivity index (χ0n) is 6.94. The van der Waals surface area contributed by atoms with Gasteiger partial charge in [-0.05, 0) is 17.7 Å². The Labute approximate surface area is 91.5 Å². The zero-order valence-corrected chi connectivity index (χ0v) is 9.27. The predicted octanol–water partition coefficient (Wildman–Crippen LogP) is 1.11. The predicted molar refractivity (Wildman–Crippen MR) is 55.2 cm³/mol. The second-order valence-electron chi connectivity index (χ2n) is 2.32. The van der Waals surface area contributed by atoms with Crippen molar-refractivity contribution < 1.29 is 8.42 Å². The van der Waals surface area contributed by atoms with Crippen LogP contribution in [0.4, 0.5) is 5.82 Å². The Morgan fingerprint density at radius 1 is 1.50 bits per heavy atom. The fraction of sp³-hybridized carbons (Fsp3) is 0.333. The molecule has 8 heteroatoms. The van der Waals surface area contributed by atoms with Gasteiger partial charge in [0.1, 0.15) is 5.82 Å². The van der Waals surface area contributed by atoms with Crippen LogP contribution in [0.15, 0.2) is 12.3 Å². The lowest BCUT2D eigenvalue weighted by atomic mass is 10.6. The Balaban J connectivity index is 2.79. The molecule has 1 N–H and O–H groups in total. The van der Waals surface area contributed by atoms with E-state index in [1.807, 2.05) is 0 Å². The van der Waals surface area contributed by atoms with Crippen LogP contribution in [0.2, 0.25) is 5.28 Å². The highest BCUT2D eigenvalue weighted by molar-refractivity contribution is 7.92. The molecule has 14 heavy (non-hydrogen) atoms. The molecule has 0 bridgehead atoms. The normalized spacial score (nSPS) is 11.3. The van der Waals surface area contributed by atoms with E-state index >= 15 is 0 Å². The number of hydrogen-bond donors (Lipinski definition) is 1. The van der Waals surface area contributed by atoms with E-state index in [9.17, 15) is 8.42 Å². The standard InChI is InChI=1S/C6H7Cl2N3O2S/c7-2-4-14(12,13)11-5-1-3-9-6(8)10-5/h1,3H,2,4H2,(H,9,10,11). The van der Waals surface area contributed by atoms with Gasteiger partial charge in [-0.2, -0.15) is 4.98 Å². The number of aromatic nitrogens is 2. The molecule has 0 saturated heterocycles. The summed E-state index contributed by atoms with van der Waals surface area (Å²) in [6, 6.07) is 1.40. The van der Waals surface area contributed by atoms with Gasteiger partial charge in [-0.3, -0.25) is 4.72 Å². The van der Waals surface area contributed by atoms with Crippen molar-refractivity contribution in [1.82, 2.24) is 9.97 Å². The molecule has 0 atom stereocenters. The van der Waals surface area contributed by atoms with Crippen LogP contribution < -0.4 is 4.72 Å². The molecule has 5 nitrogen and oxygen atoms in total. The number of sulfonamides is 1. The van der Waals surface area contributed by atoms with E-state index < -0.39 is 10.0 Å². The van der Waals surface area contributed by atoms with Gasteiger partial charge in [0.2, 0.25) is 15.3 Å². The first-order valence-corrected chi connectivity index (χ1v) is 6.15. The van der Waals surface area contributed by atoms with Gasteiger partial charge >= 0.3 is 0 Å². The SMILES string of the molecule is O=S(=O)(CCCl)Nc1ccnc(Cl)n1. The zero-order chi connectivity index (χ0) is 10.6. The highest BCUT2D eigenvalue weighted by Gasteiger charge is 2.10. The number of nitrogens with one attached hydrogen (secondary N) is 1. The van der Waals surface area contributed by atoms with Gasteiger partial charge in [0.15, 0.2) is 0 Å². The average molecular weight is 256 g/mol. The van der Waals surface area contributed by atoms with Gasteiger partial charge in [0.05, 0.1) is 5.75 Å². The second kappa shape index (κ2) is 4.77. The molecule has 1 aromatic rings. The lowest BCUT2D eigenvalue weighted by Crippen LogP contribution is -2.18. The first kappa shape index (κ1) is 11.5. The molecule has 0 aliphatic carbocycles. The number of alkyl halides is 1. The van der Waals surface area contributed by atoms with Crippen LogP contribution in [0.1, 0.15) is 0 Å². The molecule has 0 aliphatic heterocycles. The van der Waals surface area contributed by atoms with Crippen LogP contribution in [0, 0.1) is 0 Å². The summed E-state index contributed by atoms with van der Waals surface area (Å²) in [7, 11) is -3.43. The molecule has 78 valence electrons. The third kappa shape index (κ3) is 3.65. The Morgan fingerprint density at radius 3 is 2.79 bits per heavy atom. The maximum atomic E-state index is 11.2. The van der Waals surface area contributed by atoms with E-state index in [1.165, 1.54) is 12.3 Å². The summed E-state index contributed by atoms with van der Waals surface area (Å²) >= 11 is 10.8. The van der Waals surface area contributed by atoms with Crippen molar-refractivity contribution in [3.63, 3.8) is 0 Å². The maximum Gasteiger partial charge on any atom is 0.235 e. The van der Waals surface area contributed by atoms with Crippen molar-refractivity contribution in [3.8, 4) is 0 Å². The first-order chi connectivity index (χ1) is 6.53. The van der Waals surface area contributed by atoms with Gasteiger partial charge in [0, 0.05) is 12.1 Å². The van der Waals surface area contributed by atoms with Gasteiger partial charge in [-0.1, -0.05) is 0 Å². The molecule has 1 heterocycles. The van der Waals surface area contributed by atoms with Crippen LogP contribution in [-0.2, 0) is 10.0 Å². The minimum Gasteiger partial charge on any atom is -0.267 e. The van der Waals surface area contributed by atoms with Gasteiger partial charge in [-0.25, -0.2) is 13.4 Å². The molecular formula is C6H7Cl2N3O2S. The third-order valence-electron chi connectivity index (χ3n) is 1.23. The number of nitrogens with zero attached hydrogens (tertiary/aromatic N) is 2. The summed E-state index contributed by atoms with van der Waals surface area (Å²) in [5.74, 6) is -0.0141. The van der Waals surface area contributed by atoms with Crippen LogP contribution in [0.3, 0.4) is 0 Å². The smallest absolute Gasteiger partial charge is 0.235 e. The summed E-state index contributed by atoms with van der Waals surface area (Å²) in [6.07, 6.45) is 1.36. The van der Waals surface area contributed by atoms with Crippen molar-refractivity contribution in [2.24, 2.45) is 0 Å². The number of anilines is 1. The number of rotatable bonds is 4. The quantitative estimate of drug-likeness (QED) is 0.647. The topological polar surface area (TPSA) is 72.0 Å². The summed E-state index contributed by atoms with van der Waals surface area (Å²) in [4.78, 5) is 7.27.